The van der Waals surface area contributed by atoms with Crippen LogP contribution in [0, 0.1) is 0 Å². The zero-order valence-electron chi connectivity index (χ0n) is 8.94. The maximum absolute atomic E-state index is 5.85. The largest absolute Gasteiger partial charge is 0.383 e. The highest BCUT2D eigenvalue weighted by atomic mass is 32.1. The molecule has 2 N–H and O–H groups in total. The first-order chi connectivity index (χ1) is 7.04. The predicted octanol–water partition coefficient (Wildman–Crippen LogP) is 2.16. The average Bonchev–Trinajstić information content (AvgIpc) is 2.66. The van der Waals surface area contributed by atoms with E-state index in [2.05, 4.69) is 9.97 Å². The summed E-state index contributed by atoms with van der Waals surface area (Å²) in [4.78, 5) is 9.61. The van der Waals surface area contributed by atoms with E-state index >= 15 is 0 Å². The molecule has 0 bridgehead atoms. The zero-order valence-corrected chi connectivity index (χ0v) is 9.76. The molecular weight excluding hydrogens is 210 g/mol. The van der Waals surface area contributed by atoms with Crippen molar-refractivity contribution in [2.45, 2.75) is 19.4 Å². The van der Waals surface area contributed by atoms with E-state index in [0.29, 0.717) is 11.6 Å². The first-order valence-electron chi connectivity index (χ1n) is 4.61. The monoisotopic (exact) mass is 223 g/mol. The maximum atomic E-state index is 5.85. The Morgan fingerprint density at radius 1 is 1.40 bits per heavy atom. The lowest BCUT2D eigenvalue weighted by atomic mass is 10.1. The molecule has 2 heterocycles. The summed E-state index contributed by atoms with van der Waals surface area (Å²) in [7, 11) is 1.64. The van der Waals surface area contributed by atoms with Gasteiger partial charge in [-0.2, -0.15) is 0 Å². The SMILES string of the molecule is COC(C)(C)c1nc(N)c2ccsc2n1. The third-order valence-corrected chi connectivity index (χ3v) is 3.21. The van der Waals surface area contributed by atoms with Gasteiger partial charge >= 0.3 is 0 Å². The van der Waals surface area contributed by atoms with Gasteiger partial charge < -0.3 is 10.5 Å². The molecule has 5 heteroatoms. The second kappa shape index (κ2) is 3.43. The molecule has 0 aliphatic heterocycles. The van der Waals surface area contributed by atoms with E-state index in [1.165, 1.54) is 0 Å². The number of anilines is 1. The number of hydrogen-bond acceptors (Lipinski definition) is 5. The minimum absolute atomic E-state index is 0.508. The van der Waals surface area contributed by atoms with Crippen LogP contribution in [0.15, 0.2) is 11.4 Å². The number of methoxy groups -OCH3 is 1. The fourth-order valence-corrected chi connectivity index (χ4v) is 2.01. The van der Waals surface area contributed by atoms with Crippen molar-refractivity contribution in [3.8, 4) is 0 Å². The summed E-state index contributed by atoms with van der Waals surface area (Å²) >= 11 is 1.56. The number of ether oxygens (including phenoxy) is 1. The number of fused-ring (bicyclic) bond motifs is 1. The maximum Gasteiger partial charge on any atom is 0.163 e. The number of nitrogens with zero attached hydrogens (tertiary/aromatic N) is 2. The standard InChI is InChI=1S/C10H13N3OS/c1-10(2,14-3)9-12-7(11)6-4-5-15-8(6)13-9/h4-5H,1-3H3,(H2,11,12,13). The minimum Gasteiger partial charge on any atom is -0.383 e. The molecule has 0 unspecified atom stereocenters. The molecule has 0 aromatic carbocycles. The molecule has 0 atom stereocenters. The minimum atomic E-state index is -0.508. The van der Waals surface area contributed by atoms with Gasteiger partial charge in [0, 0.05) is 7.11 Å². The smallest absolute Gasteiger partial charge is 0.163 e. The van der Waals surface area contributed by atoms with Crippen molar-refractivity contribution in [2.75, 3.05) is 12.8 Å². The zero-order chi connectivity index (χ0) is 11.1. The van der Waals surface area contributed by atoms with Crippen LogP contribution in [-0.2, 0) is 10.3 Å². The number of rotatable bonds is 2. The number of nitrogens with two attached hydrogens (primary N) is 1. The highest BCUT2D eigenvalue weighted by Crippen LogP contribution is 2.27. The van der Waals surface area contributed by atoms with E-state index < -0.39 is 5.60 Å². The van der Waals surface area contributed by atoms with Gasteiger partial charge in [0.2, 0.25) is 0 Å². The lowest BCUT2D eigenvalue weighted by Gasteiger charge is -2.21. The van der Waals surface area contributed by atoms with Gasteiger partial charge in [-0.25, -0.2) is 9.97 Å². The number of nitrogen functional groups attached to an aromatic ring is 1. The lowest BCUT2D eigenvalue weighted by molar-refractivity contribution is 0.0119. The van der Waals surface area contributed by atoms with Gasteiger partial charge in [-0.05, 0) is 25.3 Å². The first-order valence-corrected chi connectivity index (χ1v) is 5.49. The molecule has 0 saturated carbocycles. The summed E-state index contributed by atoms with van der Waals surface area (Å²) in [6.45, 7) is 3.84. The van der Waals surface area contributed by atoms with Gasteiger partial charge in [0.15, 0.2) is 5.82 Å². The van der Waals surface area contributed by atoms with E-state index in [-0.39, 0.29) is 0 Å². The van der Waals surface area contributed by atoms with Gasteiger partial charge in [-0.3, -0.25) is 0 Å². The number of aromatic nitrogens is 2. The molecule has 0 saturated heterocycles. The highest BCUT2D eigenvalue weighted by molar-refractivity contribution is 7.16. The molecule has 0 amide bonds. The first kappa shape index (κ1) is 10.3. The normalized spacial score (nSPS) is 12.2. The van der Waals surface area contributed by atoms with Crippen molar-refractivity contribution in [3.63, 3.8) is 0 Å². The van der Waals surface area contributed by atoms with Crippen LogP contribution in [0.3, 0.4) is 0 Å². The van der Waals surface area contributed by atoms with Crippen LogP contribution in [0.2, 0.25) is 0 Å². The predicted molar refractivity (Wildman–Crippen MR) is 61.9 cm³/mol. The van der Waals surface area contributed by atoms with Crippen LogP contribution < -0.4 is 5.73 Å². The quantitative estimate of drug-likeness (QED) is 0.847. The Morgan fingerprint density at radius 3 is 2.80 bits per heavy atom. The topological polar surface area (TPSA) is 61.0 Å². The van der Waals surface area contributed by atoms with Crippen molar-refractivity contribution in [2.24, 2.45) is 0 Å². The summed E-state index contributed by atoms with van der Waals surface area (Å²) in [5.74, 6) is 1.14. The van der Waals surface area contributed by atoms with E-state index in [1.807, 2.05) is 25.3 Å². The third-order valence-electron chi connectivity index (χ3n) is 2.40. The summed E-state index contributed by atoms with van der Waals surface area (Å²) in [5.41, 5.74) is 5.35. The Hall–Kier alpha value is -1.20. The molecule has 0 aliphatic rings. The van der Waals surface area contributed by atoms with E-state index in [1.54, 1.807) is 18.4 Å². The summed E-state index contributed by atoms with van der Waals surface area (Å²) in [6, 6.07) is 1.93. The Balaban J connectivity index is 2.63. The van der Waals surface area contributed by atoms with Crippen LogP contribution in [0.25, 0.3) is 10.2 Å². The van der Waals surface area contributed by atoms with E-state index in [9.17, 15) is 0 Å². The molecule has 0 aliphatic carbocycles. The van der Waals surface area contributed by atoms with Crippen molar-refractivity contribution in [1.29, 1.82) is 0 Å². The Morgan fingerprint density at radius 2 is 2.13 bits per heavy atom. The molecule has 2 aromatic heterocycles. The second-order valence-electron chi connectivity index (χ2n) is 3.79. The van der Waals surface area contributed by atoms with E-state index in [4.69, 9.17) is 10.5 Å². The number of hydrogen-bond donors (Lipinski definition) is 1. The van der Waals surface area contributed by atoms with Gasteiger partial charge in [0.25, 0.3) is 0 Å². The summed E-state index contributed by atoms with van der Waals surface area (Å²) < 4.78 is 5.33. The average molecular weight is 223 g/mol. The van der Waals surface area contributed by atoms with Crippen LogP contribution in [0.5, 0.6) is 0 Å². The highest BCUT2D eigenvalue weighted by Gasteiger charge is 2.24. The molecule has 0 fully saturated rings. The van der Waals surface area contributed by atoms with Gasteiger partial charge in [0.1, 0.15) is 16.2 Å². The molecular formula is C10H13N3OS. The summed E-state index contributed by atoms with van der Waals surface area (Å²) in [6.07, 6.45) is 0. The van der Waals surface area contributed by atoms with Crippen molar-refractivity contribution in [1.82, 2.24) is 9.97 Å². The molecule has 2 aromatic rings. The fourth-order valence-electron chi connectivity index (χ4n) is 1.24. The van der Waals surface area contributed by atoms with Crippen molar-refractivity contribution in [3.05, 3.63) is 17.3 Å². The van der Waals surface area contributed by atoms with Crippen LogP contribution >= 0.6 is 11.3 Å². The fraction of sp³-hybridized carbons (Fsp3) is 0.400. The van der Waals surface area contributed by atoms with Crippen molar-refractivity contribution < 1.29 is 4.74 Å². The third kappa shape index (κ3) is 1.68. The van der Waals surface area contributed by atoms with E-state index in [0.717, 1.165) is 10.2 Å². The Kier molecular flexibility index (Phi) is 2.36. The van der Waals surface area contributed by atoms with Crippen LogP contribution in [0.4, 0.5) is 5.82 Å². The van der Waals surface area contributed by atoms with Gasteiger partial charge in [0.05, 0.1) is 5.39 Å². The van der Waals surface area contributed by atoms with Crippen molar-refractivity contribution >= 4 is 27.4 Å². The lowest BCUT2D eigenvalue weighted by Crippen LogP contribution is -2.23. The molecule has 2 rings (SSSR count). The van der Waals surface area contributed by atoms with Crippen LogP contribution in [-0.4, -0.2) is 17.1 Å². The number of thiophene rings is 1. The Labute approximate surface area is 92.1 Å². The van der Waals surface area contributed by atoms with Gasteiger partial charge in [-0.1, -0.05) is 0 Å². The Bertz CT molecular complexity index is 492. The molecule has 80 valence electrons. The molecule has 4 nitrogen and oxygen atoms in total. The molecule has 0 spiro atoms. The summed E-state index contributed by atoms with van der Waals surface area (Å²) in [5, 5.41) is 2.87. The molecule has 0 radical (unpaired) electrons. The van der Waals surface area contributed by atoms with Gasteiger partial charge in [-0.15, -0.1) is 11.3 Å². The second-order valence-corrected chi connectivity index (χ2v) is 4.68. The molecule has 15 heavy (non-hydrogen) atoms. The van der Waals surface area contributed by atoms with Crippen LogP contribution in [0.1, 0.15) is 19.7 Å².